The molecule has 2 rings (SSSR count). The van der Waals surface area contributed by atoms with Gasteiger partial charge in [-0.2, -0.15) is 18.3 Å². The monoisotopic (exact) mass is 448 g/mol. The summed E-state index contributed by atoms with van der Waals surface area (Å²) in [5.74, 6) is -0.698. The van der Waals surface area contributed by atoms with Crippen LogP contribution in [0.3, 0.4) is 0 Å². The first kappa shape index (κ1) is 20.1. The first-order valence-corrected chi connectivity index (χ1v) is 7.61. The van der Waals surface area contributed by atoms with Crippen LogP contribution in [0.15, 0.2) is 39.9 Å². The minimum absolute atomic E-state index is 0.0989. The number of phenols is 1. The zero-order valence-electron chi connectivity index (χ0n) is 12.9. The quantitative estimate of drug-likeness (QED) is 0.394. The maximum atomic E-state index is 12.7. The lowest BCUT2D eigenvalue weighted by Crippen LogP contribution is -2.06. The van der Waals surface area contributed by atoms with Crippen molar-refractivity contribution in [2.45, 2.75) is 6.18 Å². The molecule has 9 nitrogen and oxygen atoms in total. The third-order valence-electron chi connectivity index (χ3n) is 3.19. The molecule has 0 heterocycles. The number of aromatic hydroxyl groups is 1. The molecular formula is C14H8BrF3N4O5. The van der Waals surface area contributed by atoms with Crippen LogP contribution in [0.25, 0.3) is 0 Å². The van der Waals surface area contributed by atoms with Crippen molar-refractivity contribution in [2.24, 2.45) is 5.10 Å². The number of benzene rings is 2. The van der Waals surface area contributed by atoms with Gasteiger partial charge in [-0.15, -0.1) is 0 Å². The Hall–Kier alpha value is -3.22. The van der Waals surface area contributed by atoms with Crippen molar-refractivity contribution < 1.29 is 28.1 Å². The van der Waals surface area contributed by atoms with E-state index in [0.717, 1.165) is 18.3 Å². The number of phenolic OH excluding ortho intramolecular Hbond substituents is 1. The van der Waals surface area contributed by atoms with E-state index in [4.69, 9.17) is 0 Å². The lowest BCUT2D eigenvalue weighted by molar-refractivity contribution is -0.386. The van der Waals surface area contributed by atoms with E-state index in [2.05, 4.69) is 26.5 Å². The van der Waals surface area contributed by atoms with Crippen molar-refractivity contribution in [1.29, 1.82) is 0 Å². The molecular weight excluding hydrogens is 441 g/mol. The van der Waals surface area contributed by atoms with Crippen molar-refractivity contribution in [3.63, 3.8) is 0 Å². The third kappa shape index (κ3) is 4.69. The molecule has 2 aromatic rings. The molecule has 0 aliphatic carbocycles. The first-order valence-electron chi connectivity index (χ1n) is 6.82. The Morgan fingerprint density at radius 3 is 2.30 bits per heavy atom. The fraction of sp³-hybridized carbons (Fsp3) is 0.0714. The van der Waals surface area contributed by atoms with Gasteiger partial charge in [-0.3, -0.25) is 25.7 Å². The lowest BCUT2D eigenvalue weighted by Gasteiger charge is -2.08. The number of nitro benzene ring substituents is 2. The molecule has 0 spiro atoms. The molecule has 0 unspecified atom stereocenters. The molecule has 2 aromatic carbocycles. The molecule has 0 aliphatic heterocycles. The first-order chi connectivity index (χ1) is 12.5. The van der Waals surface area contributed by atoms with E-state index in [1.54, 1.807) is 0 Å². The fourth-order valence-corrected chi connectivity index (χ4v) is 2.43. The van der Waals surface area contributed by atoms with Crippen LogP contribution in [-0.2, 0) is 6.18 Å². The SMILES string of the molecule is O=[N+]([O-])c1cc(C(F)(F)F)ccc1N/N=C\c1cc(Br)cc([N+](=O)[O-])c1O. The van der Waals surface area contributed by atoms with Crippen molar-refractivity contribution >= 4 is 39.2 Å². The predicted molar refractivity (Wildman–Crippen MR) is 91.8 cm³/mol. The Kier molecular flexibility index (Phi) is 5.64. The number of nitro groups is 2. The van der Waals surface area contributed by atoms with Gasteiger partial charge in [-0.1, -0.05) is 15.9 Å². The highest BCUT2D eigenvalue weighted by Crippen LogP contribution is 2.35. The van der Waals surface area contributed by atoms with E-state index in [-0.39, 0.29) is 15.7 Å². The number of alkyl halides is 3. The third-order valence-corrected chi connectivity index (χ3v) is 3.65. The fourth-order valence-electron chi connectivity index (χ4n) is 1.97. The van der Waals surface area contributed by atoms with Gasteiger partial charge in [0.15, 0.2) is 0 Å². The molecule has 0 saturated heterocycles. The molecule has 0 bridgehead atoms. The molecule has 0 radical (unpaired) electrons. The summed E-state index contributed by atoms with van der Waals surface area (Å²) in [6, 6.07) is 4.14. The van der Waals surface area contributed by atoms with E-state index in [1.165, 1.54) is 6.07 Å². The number of anilines is 1. The van der Waals surface area contributed by atoms with Crippen LogP contribution in [0, 0.1) is 20.2 Å². The van der Waals surface area contributed by atoms with Crippen LogP contribution in [-0.4, -0.2) is 21.2 Å². The highest BCUT2D eigenvalue weighted by Gasteiger charge is 2.33. The van der Waals surface area contributed by atoms with E-state index >= 15 is 0 Å². The number of nitrogens with one attached hydrogen (secondary N) is 1. The normalized spacial score (nSPS) is 11.6. The van der Waals surface area contributed by atoms with Gasteiger partial charge in [-0.05, 0) is 18.2 Å². The van der Waals surface area contributed by atoms with Crippen LogP contribution < -0.4 is 5.43 Å². The molecule has 0 aliphatic rings. The smallest absolute Gasteiger partial charge is 0.416 e. The van der Waals surface area contributed by atoms with Crippen LogP contribution >= 0.6 is 15.9 Å². The number of nitrogens with zero attached hydrogens (tertiary/aromatic N) is 3. The van der Waals surface area contributed by atoms with Crippen LogP contribution in [0.5, 0.6) is 5.75 Å². The number of hydrazone groups is 1. The predicted octanol–water partition coefficient (Wildman–Crippen LogP) is 4.44. The molecule has 13 heteroatoms. The Balaban J connectivity index is 2.34. The van der Waals surface area contributed by atoms with Gasteiger partial charge in [0.25, 0.3) is 5.69 Å². The number of hydrogen-bond donors (Lipinski definition) is 2. The Morgan fingerprint density at radius 1 is 1.11 bits per heavy atom. The standard InChI is InChI=1S/C14H8BrF3N4O5/c15-9-3-7(13(23)12(5-9)22(26)27)6-19-20-10-2-1-8(14(16,17)18)4-11(10)21(24)25/h1-6,20,23H/b19-6-. The number of rotatable bonds is 5. The highest BCUT2D eigenvalue weighted by atomic mass is 79.9. The van der Waals surface area contributed by atoms with Gasteiger partial charge < -0.3 is 5.11 Å². The summed E-state index contributed by atoms with van der Waals surface area (Å²) in [5.41, 5.74) is -0.936. The zero-order chi connectivity index (χ0) is 20.4. The minimum Gasteiger partial charge on any atom is -0.502 e. The summed E-state index contributed by atoms with van der Waals surface area (Å²) < 4.78 is 38.2. The summed E-state index contributed by atoms with van der Waals surface area (Å²) in [7, 11) is 0. The van der Waals surface area contributed by atoms with Gasteiger partial charge in [0.2, 0.25) is 5.75 Å². The Labute approximate surface area is 156 Å². The van der Waals surface area contributed by atoms with Crippen molar-refractivity contribution in [1.82, 2.24) is 0 Å². The lowest BCUT2D eigenvalue weighted by atomic mass is 10.1. The summed E-state index contributed by atoms with van der Waals surface area (Å²) in [5, 5.41) is 35.2. The van der Waals surface area contributed by atoms with Gasteiger partial charge in [0.1, 0.15) is 5.69 Å². The number of halogens is 4. The summed E-state index contributed by atoms with van der Waals surface area (Å²) in [6.45, 7) is 0. The topological polar surface area (TPSA) is 131 Å². The van der Waals surface area contributed by atoms with Crippen molar-refractivity contribution in [3.8, 4) is 5.75 Å². The van der Waals surface area contributed by atoms with Crippen LogP contribution in [0.1, 0.15) is 11.1 Å². The van der Waals surface area contributed by atoms with Gasteiger partial charge >= 0.3 is 11.9 Å². The average Bonchev–Trinajstić information content (AvgIpc) is 2.56. The summed E-state index contributed by atoms with van der Waals surface area (Å²) >= 11 is 3.02. The largest absolute Gasteiger partial charge is 0.502 e. The van der Waals surface area contributed by atoms with E-state index < -0.39 is 38.7 Å². The van der Waals surface area contributed by atoms with E-state index in [1.807, 2.05) is 0 Å². The van der Waals surface area contributed by atoms with Crippen LogP contribution in [0.4, 0.5) is 30.2 Å². The van der Waals surface area contributed by atoms with Gasteiger partial charge in [0, 0.05) is 22.2 Å². The van der Waals surface area contributed by atoms with Crippen LogP contribution in [0.2, 0.25) is 0 Å². The van der Waals surface area contributed by atoms with Crippen molar-refractivity contribution in [3.05, 3.63) is 66.2 Å². The molecule has 0 amide bonds. The van der Waals surface area contributed by atoms with E-state index in [9.17, 15) is 38.5 Å². The van der Waals surface area contributed by atoms with E-state index in [0.29, 0.717) is 12.1 Å². The Bertz CT molecular complexity index is 949. The summed E-state index contributed by atoms with van der Waals surface area (Å²) in [4.78, 5) is 20.0. The highest BCUT2D eigenvalue weighted by molar-refractivity contribution is 9.10. The molecule has 0 atom stereocenters. The average molecular weight is 449 g/mol. The molecule has 142 valence electrons. The van der Waals surface area contributed by atoms with Crippen molar-refractivity contribution in [2.75, 3.05) is 5.43 Å². The zero-order valence-corrected chi connectivity index (χ0v) is 14.5. The van der Waals surface area contributed by atoms with Gasteiger partial charge in [0.05, 0.1) is 21.6 Å². The molecule has 2 N–H and O–H groups in total. The minimum atomic E-state index is -4.76. The molecule has 27 heavy (non-hydrogen) atoms. The Morgan fingerprint density at radius 2 is 1.74 bits per heavy atom. The second kappa shape index (κ2) is 7.57. The van der Waals surface area contributed by atoms with Gasteiger partial charge in [-0.25, -0.2) is 0 Å². The maximum Gasteiger partial charge on any atom is 0.416 e. The maximum absolute atomic E-state index is 12.7. The second-order valence-corrected chi connectivity index (χ2v) is 5.89. The number of hydrogen-bond acceptors (Lipinski definition) is 7. The molecule has 0 aromatic heterocycles. The molecule has 0 fully saturated rings. The second-order valence-electron chi connectivity index (χ2n) is 4.98. The summed E-state index contributed by atoms with van der Waals surface area (Å²) in [6.07, 6.45) is -3.83. The molecule has 0 saturated carbocycles.